The minimum atomic E-state index is -3.26. The second-order valence-electron chi connectivity index (χ2n) is 10.8. The summed E-state index contributed by atoms with van der Waals surface area (Å²) < 4.78 is 36.3. The summed E-state index contributed by atoms with van der Waals surface area (Å²) in [4.78, 5) is 18.7. The van der Waals surface area contributed by atoms with Gasteiger partial charge in [-0.05, 0) is 75.4 Å². The Labute approximate surface area is 213 Å². The lowest BCUT2D eigenvalue weighted by atomic mass is 9.83. The van der Waals surface area contributed by atoms with Crippen LogP contribution < -0.4 is 4.74 Å². The van der Waals surface area contributed by atoms with Gasteiger partial charge < -0.3 is 19.5 Å². The highest BCUT2D eigenvalue weighted by Gasteiger charge is 2.41. The molecule has 1 N–H and O–H groups in total. The first-order valence-corrected chi connectivity index (χ1v) is 14.4. The number of amides is 1. The first-order valence-electron chi connectivity index (χ1n) is 12.5. The molecule has 0 aliphatic carbocycles. The number of ether oxygens (including phenoxy) is 2. The number of hydrogen-bond donors (Lipinski definition) is 1. The number of aryl methyl sites for hydroxylation is 1. The van der Waals surface area contributed by atoms with E-state index >= 15 is 0 Å². The molecule has 4 rings (SSSR count). The molecule has 2 aliphatic heterocycles. The van der Waals surface area contributed by atoms with Crippen LogP contribution in [0.3, 0.4) is 0 Å². The average molecular weight is 517 g/mol. The number of benzene rings is 1. The molecule has 0 unspecified atom stereocenters. The molecule has 8 nitrogen and oxygen atoms in total. The maximum Gasteiger partial charge on any atom is 0.410 e. The van der Waals surface area contributed by atoms with E-state index in [1.54, 1.807) is 17.2 Å². The molecule has 0 atom stereocenters. The number of carbonyl (C=O) groups is 1. The van der Waals surface area contributed by atoms with E-state index in [1.807, 2.05) is 39.0 Å². The summed E-state index contributed by atoms with van der Waals surface area (Å²) in [6, 6.07) is 9.70. The third kappa shape index (κ3) is 6.56. The van der Waals surface area contributed by atoms with Gasteiger partial charge >= 0.3 is 6.09 Å². The summed E-state index contributed by atoms with van der Waals surface area (Å²) in [5, 5.41) is 8.87. The van der Waals surface area contributed by atoms with E-state index in [1.165, 1.54) is 0 Å². The number of carbonyl (C=O) groups excluding carboxylic acids is 1. The topological polar surface area (TPSA) is 106 Å². The van der Waals surface area contributed by atoms with Crippen LogP contribution in [0.2, 0.25) is 0 Å². The number of rotatable bonds is 6. The Morgan fingerprint density at radius 2 is 1.92 bits per heavy atom. The minimum absolute atomic E-state index is 0.0312. The van der Waals surface area contributed by atoms with Gasteiger partial charge in [-0.25, -0.2) is 13.2 Å². The van der Waals surface area contributed by atoms with Gasteiger partial charge in [-0.15, -0.1) is 0 Å². The molecule has 3 heterocycles. The number of hydrogen-bond acceptors (Lipinski definition) is 7. The van der Waals surface area contributed by atoms with Gasteiger partial charge in [0.2, 0.25) is 0 Å². The van der Waals surface area contributed by atoms with Crippen molar-refractivity contribution in [2.45, 2.75) is 69.8 Å². The molecule has 0 radical (unpaired) electrons. The van der Waals surface area contributed by atoms with Gasteiger partial charge in [0, 0.05) is 44.3 Å². The van der Waals surface area contributed by atoms with Crippen LogP contribution in [0.5, 0.6) is 5.75 Å². The number of aromatic nitrogens is 1. The predicted molar refractivity (Wildman–Crippen MR) is 138 cm³/mol. The van der Waals surface area contributed by atoms with E-state index in [9.17, 15) is 13.2 Å². The van der Waals surface area contributed by atoms with Crippen molar-refractivity contribution in [3.05, 3.63) is 47.7 Å². The summed E-state index contributed by atoms with van der Waals surface area (Å²) in [5.41, 5.74) is 2.75. The minimum Gasteiger partial charge on any atom is -0.487 e. The number of nitrogens with zero attached hydrogens (tertiary/aromatic N) is 2. The smallest absolute Gasteiger partial charge is 0.410 e. The molecule has 1 aromatic carbocycles. The van der Waals surface area contributed by atoms with Crippen molar-refractivity contribution in [1.29, 1.82) is 0 Å². The van der Waals surface area contributed by atoms with Gasteiger partial charge in [-0.3, -0.25) is 4.98 Å². The zero-order valence-corrected chi connectivity index (χ0v) is 22.1. The van der Waals surface area contributed by atoms with E-state index < -0.39 is 15.4 Å². The molecule has 1 spiro atoms. The monoisotopic (exact) mass is 516 g/mol. The van der Waals surface area contributed by atoms with E-state index in [0.29, 0.717) is 18.7 Å². The molecule has 0 bridgehead atoms. The molecule has 1 amide bonds. The second-order valence-corrected chi connectivity index (χ2v) is 13.0. The highest BCUT2D eigenvalue weighted by molar-refractivity contribution is 7.90. The molecule has 9 heteroatoms. The van der Waals surface area contributed by atoms with Gasteiger partial charge in [0.05, 0.1) is 17.2 Å². The highest BCUT2D eigenvalue weighted by Crippen LogP contribution is 2.40. The Balaban J connectivity index is 1.38. The van der Waals surface area contributed by atoms with E-state index in [2.05, 4.69) is 11.1 Å². The first kappa shape index (κ1) is 26.4. The Kier molecular flexibility index (Phi) is 7.61. The zero-order valence-electron chi connectivity index (χ0n) is 21.3. The van der Waals surface area contributed by atoms with Crippen LogP contribution in [0.4, 0.5) is 4.79 Å². The van der Waals surface area contributed by atoms with Crippen LogP contribution in [0.25, 0.3) is 11.3 Å². The molecular formula is C27H36N2O6S. The quantitative estimate of drug-likeness (QED) is 0.615. The van der Waals surface area contributed by atoms with Gasteiger partial charge in [-0.2, -0.15) is 0 Å². The standard InChI is InChI=1S/C27H36N2O6S/c1-26(2,3)35-25(31)29-13-11-27(12-14-29)10-9-22-17-21(6-8-24(22)34-27)23-7-5-20(18-28-23)19-36(32,33)16-4-15-30/h5-8,17-18,30H,4,9-16,19H2,1-3H3. The predicted octanol–water partition coefficient (Wildman–Crippen LogP) is 4.14. The fourth-order valence-electron chi connectivity index (χ4n) is 4.75. The van der Waals surface area contributed by atoms with E-state index in [-0.39, 0.29) is 36.2 Å². The first-order chi connectivity index (χ1) is 17.0. The van der Waals surface area contributed by atoms with Crippen molar-refractivity contribution >= 4 is 15.9 Å². The van der Waals surface area contributed by atoms with Crippen molar-refractivity contribution in [1.82, 2.24) is 9.88 Å². The van der Waals surface area contributed by atoms with Crippen LogP contribution in [0.1, 0.15) is 57.6 Å². The Hall–Kier alpha value is -2.65. The van der Waals surface area contributed by atoms with Crippen LogP contribution in [0, 0.1) is 0 Å². The maximum atomic E-state index is 12.4. The van der Waals surface area contributed by atoms with Gasteiger partial charge in [0.1, 0.15) is 17.0 Å². The van der Waals surface area contributed by atoms with Crippen LogP contribution in [-0.4, -0.2) is 66.2 Å². The molecule has 196 valence electrons. The molecule has 2 aromatic rings. The number of aliphatic hydroxyl groups is 1. The highest BCUT2D eigenvalue weighted by atomic mass is 32.2. The van der Waals surface area contributed by atoms with Crippen molar-refractivity contribution in [2.24, 2.45) is 0 Å². The summed E-state index contributed by atoms with van der Waals surface area (Å²) >= 11 is 0. The van der Waals surface area contributed by atoms with Crippen molar-refractivity contribution in [2.75, 3.05) is 25.4 Å². The lowest BCUT2D eigenvalue weighted by Crippen LogP contribution is -2.52. The third-order valence-corrected chi connectivity index (χ3v) is 8.37. The summed E-state index contributed by atoms with van der Waals surface area (Å²) in [7, 11) is -3.26. The molecule has 1 fully saturated rings. The molecule has 36 heavy (non-hydrogen) atoms. The zero-order chi connectivity index (χ0) is 26.0. The molecule has 0 saturated carbocycles. The fraction of sp³-hybridized carbons (Fsp3) is 0.556. The molecular weight excluding hydrogens is 480 g/mol. The Bertz CT molecular complexity index is 1180. The van der Waals surface area contributed by atoms with Crippen LogP contribution in [0.15, 0.2) is 36.5 Å². The van der Waals surface area contributed by atoms with Crippen LogP contribution in [-0.2, 0) is 26.7 Å². The SMILES string of the molecule is CC(C)(C)OC(=O)N1CCC2(CCc3cc(-c4ccc(CS(=O)(=O)CCCO)cn4)ccc3O2)CC1. The number of aliphatic hydroxyl groups excluding tert-OH is 1. The van der Waals surface area contributed by atoms with Crippen LogP contribution >= 0.6 is 0 Å². The van der Waals surface area contributed by atoms with E-state index in [4.69, 9.17) is 14.6 Å². The lowest BCUT2D eigenvalue weighted by molar-refractivity contribution is -0.0272. The molecule has 1 saturated heterocycles. The number of likely N-dealkylation sites (tertiary alicyclic amines) is 1. The van der Waals surface area contributed by atoms with Gasteiger partial charge in [-0.1, -0.05) is 6.07 Å². The number of fused-ring (bicyclic) bond motifs is 1. The molecule has 2 aliphatic rings. The summed E-state index contributed by atoms with van der Waals surface area (Å²) in [6.07, 6.45) is 4.92. The largest absolute Gasteiger partial charge is 0.487 e. The Morgan fingerprint density at radius 1 is 1.17 bits per heavy atom. The summed E-state index contributed by atoms with van der Waals surface area (Å²) in [5.74, 6) is 0.768. The summed E-state index contributed by atoms with van der Waals surface area (Å²) in [6.45, 7) is 6.73. The van der Waals surface area contributed by atoms with Gasteiger partial charge in [0.25, 0.3) is 0 Å². The van der Waals surface area contributed by atoms with Crippen molar-refractivity contribution < 1.29 is 27.8 Å². The second kappa shape index (κ2) is 10.4. The molecule has 1 aromatic heterocycles. The maximum absolute atomic E-state index is 12.4. The Morgan fingerprint density at radius 3 is 2.56 bits per heavy atom. The number of pyridine rings is 1. The normalized spacial score (nSPS) is 17.4. The average Bonchev–Trinajstić information content (AvgIpc) is 2.82. The number of sulfone groups is 1. The third-order valence-electron chi connectivity index (χ3n) is 6.68. The number of piperidine rings is 1. The fourth-order valence-corrected chi connectivity index (χ4v) is 6.14. The van der Waals surface area contributed by atoms with Crippen molar-refractivity contribution in [3.8, 4) is 17.0 Å². The van der Waals surface area contributed by atoms with Crippen molar-refractivity contribution in [3.63, 3.8) is 0 Å². The van der Waals surface area contributed by atoms with Gasteiger partial charge in [0.15, 0.2) is 9.84 Å². The van der Waals surface area contributed by atoms with E-state index in [0.717, 1.165) is 48.3 Å². The lowest BCUT2D eigenvalue weighted by Gasteiger charge is -2.44.